The van der Waals surface area contributed by atoms with E-state index in [1.165, 1.54) is 23.1 Å². The first-order valence-corrected chi connectivity index (χ1v) is 11.8. The van der Waals surface area contributed by atoms with Crippen molar-refractivity contribution in [2.75, 3.05) is 11.5 Å². The molecule has 4 rings (SSSR count). The van der Waals surface area contributed by atoms with Crippen LogP contribution in [0, 0.1) is 22.7 Å². The molecule has 0 saturated heterocycles. The first-order valence-electron chi connectivity index (χ1n) is 9.91. The van der Waals surface area contributed by atoms with Crippen molar-refractivity contribution in [3.05, 3.63) is 46.5 Å². The van der Waals surface area contributed by atoms with Crippen LogP contribution in [0.4, 0.5) is 10.9 Å². The number of rotatable bonds is 6. The number of thiazole rings is 1. The number of ether oxygens (including phenoxy) is 1. The van der Waals surface area contributed by atoms with Gasteiger partial charge in [0.05, 0.1) is 17.4 Å². The lowest BCUT2D eigenvalue weighted by molar-refractivity contribution is 0.0604. The average molecular weight is 465 g/mol. The van der Waals surface area contributed by atoms with Crippen molar-refractivity contribution in [3.8, 4) is 29.0 Å². The number of thioether (sulfide) groups is 1. The van der Waals surface area contributed by atoms with Gasteiger partial charge in [0, 0.05) is 16.7 Å². The van der Waals surface area contributed by atoms with E-state index < -0.39 is 6.10 Å². The number of pyridine rings is 1. The maximum absolute atomic E-state index is 9.98. The van der Waals surface area contributed by atoms with Crippen LogP contribution in [0.1, 0.15) is 36.1 Å². The zero-order valence-electron chi connectivity index (χ0n) is 17.0. The van der Waals surface area contributed by atoms with Crippen LogP contribution in [0.25, 0.3) is 11.1 Å². The van der Waals surface area contributed by atoms with E-state index in [0.29, 0.717) is 32.8 Å². The summed E-state index contributed by atoms with van der Waals surface area (Å²) in [7, 11) is 0. The second kappa shape index (κ2) is 9.45. The number of hydrogen-bond donors (Lipinski definition) is 3. The van der Waals surface area contributed by atoms with Crippen molar-refractivity contribution in [2.45, 2.75) is 42.2 Å². The fourth-order valence-corrected chi connectivity index (χ4v) is 5.20. The predicted molar refractivity (Wildman–Crippen MR) is 124 cm³/mol. The van der Waals surface area contributed by atoms with Gasteiger partial charge in [-0.25, -0.2) is 9.97 Å². The summed E-state index contributed by atoms with van der Waals surface area (Å²) in [5.41, 5.74) is 14.1. The van der Waals surface area contributed by atoms with Crippen LogP contribution < -0.4 is 16.2 Å². The fourth-order valence-electron chi connectivity index (χ4n) is 3.64. The summed E-state index contributed by atoms with van der Waals surface area (Å²) in [6.07, 6.45) is 1.81. The number of nitrogens with zero attached hydrogens (tertiary/aromatic N) is 4. The lowest BCUT2D eigenvalue weighted by Crippen LogP contribution is -2.25. The first kappa shape index (κ1) is 21.9. The molecular formula is C22H20N6O2S2. The minimum Gasteiger partial charge on any atom is -0.488 e. The Balaban J connectivity index is 1.66. The molecule has 162 valence electrons. The van der Waals surface area contributed by atoms with E-state index in [2.05, 4.69) is 22.1 Å². The molecule has 0 bridgehead atoms. The number of hydrogen-bond acceptors (Lipinski definition) is 10. The smallest absolute Gasteiger partial charge is 0.180 e. The Morgan fingerprint density at radius 3 is 2.47 bits per heavy atom. The predicted octanol–water partition coefficient (Wildman–Crippen LogP) is 3.70. The summed E-state index contributed by atoms with van der Waals surface area (Å²) in [6, 6.07) is 11.4. The molecular weight excluding hydrogens is 444 g/mol. The fraction of sp³-hybridized carbons (Fsp3) is 0.273. The van der Waals surface area contributed by atoms with Crippen molar-refractivity contribution >= 4 is 34.0 Å². The molecule has 2 atom stereocenters. The molecule has 1 aromatic carbocycles. The van der Waals surface area contributed by atoms with Crippen molar-refractivity contribution < 1.29 is 9.84 Å². The molecule has 1 saturated carbocycles. The molecule has 0 radical (unpaired) electrons. The van der Waals surface area contributed by atoms with E-state index in [-0.39, 0.29) is 23.0 Å². The SMILES string of the molecule is N#Cc1c(N)nc(SCc2csc(N)n2)c(C#N)c1-c1ccc(O[C@H]2CCC[C@@H]2O)cc1. The molecule has 5 N–H and O–H groups in total. The first-order chi connectivity index (χ1) is 15.5. The molecule has 10 heteroatoms. The zero-order chi connectivity index (χ0) is 22.7. The number of anilines is 2. The van der Waals surface area contributed by atoms with Crippen molar-refractivity contribution in [2.24, 2.45) is 0 Å². The molecule has 8 nitrogen and oxygen atoms in total. The molecule has 0 aliphatic heterocycles. The second-order valence-electron chi connectivity index (χ2n) is 7.30. The topological polar surface area (TPSA) is 155 Å². The van der Waals surface area contributed by atoms with Gasteiger partial charge >= 0.3 is 0 Å². The summed E-state index contributed by atoms with van der Waals surface area (Å²) in [5, 5.41) is 32.3. The highest BCUT2D eigenvalue weighted by atomic mass is 32.2. The average Bonchev–Trinajstić information content (AvgIpc) is 3.40. The largest absolute Gasteiger partial charge is 0.488 e. The van der Waals surface area contributed by atoms with Gasteiger partial charge in [0.2, 0.25) is 0 Å². The quantitative estimate of drug-likeness (QED) is 0.463. The summed E-state index contributed by atoms with van der Waals surface area (Å²) < 4.78 is 5.89. The molecule has 2 aromatic heterocycles. The Kier molecular flexibility index (Phi) is 6.47. The number of aromatic nitrogens is 2. The standard InChI is InChI=1S/C22H20N6O2S2/c23-8-15-19(12-4-6-14(7-5-12)30-18-3-1-2-17(18)29)16(9-24)21(28-20(15)25)31-10-13-11-32-22(26)27-13/h4-7,11,17-18,29H,1-3,10H2,(H2,25,28)(H2,26,27)/t17-,18-/m0/s1. The monoisotopic (exact) mass is 464 g/mol. The highest BCUT2D eigenvalue weighted by molar-refractivity contribution is 7.98. The van der Waals surface area contributed by atoms with Gasteiger partial charge in [-0.1, -0.05) is 23.9 Å². The minimum absolute atomic E-state index is 0.0659. The van der Waals surface area contributed by atoms with Gasteiger partial charge < -0.3 is 21.3 Å². The summed E-state index contributed by atoms with van der Waals surface area (Å²) >= 11 is 2.66. The number of benzene rings is 1. The lowest BCUT2D eigenvalue weighted by Gasteiger charge is -2.18. The molecule has 1 aliphatic carbocycles. The lowest BCUT2D eigenvalue weighted by atomic mass is 9.97. The molecule has 2 heterocycles. The Labute approximate surface area is 193 Å². The van der Waals surface area contributed by atoms with Gasteiger partial charge in [-0.05, 0) is 37.0 Å². The molecule has 1 aliphatic rings. The van der Waals surface area contributed by atoms with Gasteiger partial charge in [0.15, 0.2) is 5.13 Å². The number of nitriles is 2. The van der Waals surface area contributed by atoms with E-state index in [1.54, 1.807) is 24.3 Å². The highest BCUT2D eigenvalue weighted by Crippen LogP contribution is 2.37. The van der Waals surface area contributed by atoms with Gasteiger partial charge in [0.25, 0.3) is 0 Å². The minimum atomic E-state index is -0.460. The van der Waals surface area contributed by atoms with Crippen LogP contribution in [-0.2, 0) is 5.75 Å². The van der Waals surface area contributed by atoms with E-state index >= 15 is 0 Å². The van der Waals surface area contributed by atoms with Crippen molar-refractivity contribution in [3.63, 3.8) is 0 Å². The number of nitrogen functional groups attached to an aromatic ring is 2. The molecule has 1 fully saturated rings. The van der Waals surface area contributed by atoms with E-state index in [4.69, 9.17) is 16.2 Å². The van der Waals surface area contributed by atoms with Gasteiger partial charge in [0.1, 0.15) is 40.4 Å². The van der Waals surface area contributed by atoms with Crippen molar-refractivity contribution in [1.29, 1.82) is 10.5 Å². The zero-order valence-corrected chi connectivity index (χ0v) is 18.6. The number of nitrogens with two attached hydrogens (primary N) is 2. The maximum Gasteiger partial charge on any atom is 0.180 e. The van der Waals surface area contributed by atoms with E-state index in [9.17, 15) is 15.6 Å². The van der Waals surface area contributed by atoms with Gasteiger partial charge in [-0.2, -0.15) is 10.5 Å². The van der Waals surface area contributed by atoms with Gasteiger partial charge in [-0.15, -0.1) is 11.3 Å². The summed E-state index contributed by atoms with van der Waals surface area (Å²) in [4.78, 5) is 8.53. The highest BCUT2D eigenvalue weighted by Gasteiger charge is 2.27. The van der Waals surface area contributed by atoms with Crippen LogP contribution in [0.15, 0.2) is 34.7 Å². The molecule has 0 unspecified atom stereocenters. The van der Waals surface area contributed by atoms with Crippen LogP contribution in [0.5, 0.6) is 5.75 Å². The van der Waals surface area contributed by atoms with Crippen LogP contribution >= 0.6 is 23.1 Å². The van der Waals surface area contributed by atoms with E-state index in [0.717, 1.165) is 25.0 Å². The van der Waals surface area contributed by atoms with E-state index in [1.807, 2.05) is 5.38 Å². The summed E-state index contributed by atoms with van der Waals surface area (Å²) in [6.45, 7) is 0. The van der Waals surface area contributed by atoms with Crippen LogP contribution in [0.3, 0.4) is 0 Å². The summed E-state index contributed by atoms with van der Waals surface area (Å²) in [5.74, 6) is 1.15. The second-order valence-corrected chi connectivity index (χ2v) is 9.15. The molecule has 32 heavy (non-hydrogen) atoms. The van der Waals surface area contributed by atoms with Gasteiger partial charge in [-0.3, -0.25) is 0 Å². The Morgan fingerprint density at radius 1 is 1.12 bits per heavy atom. The van der Waals surface area contributed by atoms with Crippen molar-refractivity contribution in [1.82, 2.24) is 9.97 Å². The molecule has 3 aromatic rings. The third-order valence-corrected chi connectivity index (χ3v) is 6.92. The molecule has 0 spiro atoms. The Bertz CT molecular complexity index is 1210. The third kappa shape index (κ3) is 4.48. The normalized spacial score (nSPS) is 17.6. The van der Waals surface area contributed by atoms with Crippen LogP contribution in [-0.4, -0.2) is 27.3 Å². The Hall–Kier alpha value is -3.31. The maximum atomic E-state index is 9.98. The molecule has 0 amide bonds. The number of aliphatic hydroxyl groups excluding tert-OH is 1. The van der Waals surface area contributed by atoms with Crippen LogP contribution in [0.2, 0.25) is 0 Å². The third-order valence-electron chi connectivity index (χ3n) is 5.19. The number of aliphatic hydroxyl groups is 1. The Morgan fingerprint density at radius 2 is 1.88 bits per heavy atom.